The zero-order valence-corrected chi connectivity index (χ0v) is 11.5. The number of amides is 2. The number of ether oxygens (including phenoxy) is 1. The second-order valence-corrected chi connectivity index (χ2v) is 5.33. The van der Waals surface area contributed by atoms with E-state index in [0.717, 1.165) is 19.4 Å². The molecule has 1 aromatic carbocycles. The number of carbonyl (C=O) groups excluding carboxylic acids is 2. The molecular formula is C15H17NO5. The van der Waals surface area contributed by atoms with Gasteiger partial charge in [-0.1, -0.05) is 12.1 Å². The van der Waals surface area contributed by atoms with Gasteiger partial charge in [-0.3, -0.25) is 9.59 Å². The Hall–Kier alpha value is -1.76. The molecule has 1 N–H and O–H groups in total. The maximum atomic E-state index is 12.1. The van der Waals surface area contributed by atoms with Crippen molar-refractivity contribution in [2.45, 2.75) is 25.6 Å². The van der Waals surface area contributed by atoms with E-state index in [-0.39, 0.29) is 5.92 Å². The van der Waals surface area contributed by atoms with Crippen LogP contribution in [0.15, 0.2) is 24.3 Å². The molecule has 2 unspecified atom stereocenters. The van der Waals surface area contributed by atoms with Gasteiger partial charge >= 0.3 is 0 Å². The summed E-state index contributed by atoms with van der Waals surface area (Å²) in [4.78, 5) is 29.3. The predicted octanol–water partition coefficient (Wildman–Crippen LogP) is 1.35. The van der Waals surface area contributed by atoms with Crippen LogP contribution in [-0.2, 0) is 9.57 Å². The molecule has 0 aromatic heterocycles. The molecule has 2 heterocycles. The molecule has 6 nitrogen and oxygen atoms in total. The number of benzene rings is 1. The fourth-order valence-corrected chi connectivity index (χ4v) is 2.71. The molecule has 0 saturated carbocycles. The summed E-state index contributed by atoms with van der Waals surface area (Å²) in [6.07, 6.45) is 1.04. The van der Waals surface area contributed by atoms with E-state index in [4.69, 9.17) is 9.57 Å². The summed E-state index contributed by atoms with van der Waals surface area (Å²) in [7, 11) is 0. The molecule has 6 heteroatoms. The monoisotopic (exact) mass is 291 g/mol. The number of hydrogen-bond donors (Lipinski definition) is 1. The van der Waals surface area contributed by atoms with Crippen molar-refractivity contribution in [3.63, 3.8) is 0 Å². The summed E-state index contributed by atoms with van der Waals surface area (Å²) < 4.78 is 5.33. The average Bonchev–Trinajstić information content (AvgIpc) is 2.74. The van der Waals surface area contributed by atoms with Crippen LogP contribution in [0.3, 0.4) is 0 Å². The number of rotatable bonds is 4. The number of imide groups is 1. The Morgan fingerprint density at radius 3 is 2.52 bits per heavy atom. The van der Waals surface area contributed by atoms with Crippen molar-refractivity contribution in [3.8, 4) is 0 Å². The number of aliphatic hydroxyl groups is 1. The molecule has 0 aliphatic carbocycles. The van der Waals surface area contributed by atoms with Crippen LogP contribution in [0.25, 0.3) is 0 Å². The van der Waals surface area contributed by atoms with Crippen molar-refractivity contribution in [2.24, 2.45) is 5.92 Å². The maximum absolute atomic E-state index is 12.1. The molecular weight excluding hydrogens is 274 g/mol. The summed E-state index contributed by atoms with van der Waals surface area (Å²) >= 11 is 0. The van der Waals surface area contributed by atoms with E-state index in [9.17, 15) is 14.7 Å². The van der Waals surface area contributed by atoms with Crippen LogP contribution < -0.4 is 0 Å². The maximum Gasteiger partial charge on any atom is 0.285 e. The van der Waals surface area contributed by atoms with Gasteiger partial charge in [0.2, 0.25) is 0 Å². The third-order valence-electron chi connectivity index (χ3n) is 3.77. The predicted molar refractivity (Wildman–Crippen MR) is 72.2 cm³/mol. The normalized spacial score (nSPS) is 23.3. The quantitative estimate of drug-likeness (QED) is 0.669. The first-order chi connectivity index (χ1) is 10.2. The summed E-state index contributed by atoms with van der Waals surface area (Å²) in [6.45, 7) is 1.31. The van der Waals surface area contributed by atoms with Gasteiger partial charge < -0.3 is 9.84 Å². The third-order valence-corrected chi connectivity index (χ3v) is 3.77. The fourth-order valence-electron chi connectivity index (χ4n) is 2.71. The molecule has 2 aliphatic heterocycles. The van der Waals surface area contributed by atoms with Gasteiger partial charge in [-0.05, 0) is 30.9 Å². The van der Waals surface area contributed by atoms with Crippen LogP contribution in [0.2, 0.25) is 0 Å². The van der Waals surface area contributed by atoms with E-state index in [1.807, 2.05) is 0 Å². The lowest BCUT2D eigenvalue weighted by molar-refractivity contribution is -0.220. The lowest BCUT2D eigenvalue weighted by Gasteiger charge is -2.25. The zero-order chi connectivity index (χ0) is 14.8. The minimum absolute atomic E-state index is 0.184. The van der Waals surface area contributed by atoms with Gasteiger partial charge in [0, 0.05) is 19.6 Å². The molecule has 112 valence electrons. The van der Waals surface area contributed by atoms with E-state index in [1.54, 1.807) is 24.3 Å². The van der Waals surface area contributed by atoms with Crippen molar-refractivity contribution >= 4 is 11.8 Å². The zero-order valence-electron chi connectivity index (χ0n) is 11.5. The minimum Gasteiger partial charge on any atom is -0.381 e. The molecule has 1 aromatic rings. The van der Waals surface area contributed by atoms with Gasteiger partial charge in [-0.25, -0.2) is 4.84 Å². The molecule has 21 heavy (non-hydrogen) atoms. The minimum atomic E-state index is -1.20. The molecule has 2 aliphatic rings. The van der Waals surface area contributed by atoms with Crippen molar-refractivity contribution in [1.82, 2.24) is 5.06 Å². The SMILES string of the molecule is O=C1c2ccccc2C(=O)N1OC(O)CC1CCCOC1. The highest BCUT2D eigenvalue weighted by Gasteiger charge is 2.38. The lowest BCUT2D eigenvalue weighted by atomic mass is 9.98. The van der Waals surface area contributed by atoms with Gasteiger partial charge in [0.05, 0.1) is 11.1 Å². The lowest BCUT2D eigenvalue weighted by Crippen LogP contribution is -2.36. The topological polar surface area (TPSA) is 76.1 Å². The number of hydrogen-bond acceptors (Lipinski definition) is 5. The average molecular weight is 291 g/mol. The van der Waals surface area contributed by atoms with Crippen LogP contribution in [0.4, 0.5) is 0 Å². The summed E-state index contributed by atoms with van der Waals surface area (Å²) in [5, 5.41) is 10.6. The van der Waals surface area contributed by atoms with E-state index < -0.39 is 18.1 Å². The number of aliphatic hydroxyl groups excluding tert-OH is 1. The van der Waals surface area contributed by atoms with Crippen LogP contribution in [-0.4, -0.2) is 41.5 Å². The highest BCUT2D eigenvalue weighted by molar-refractivity contribution is 6.20. The van der Waals surface area contributed by atoms with Gasteiger partial charge in [0.1, 0.15) is 0 Å². The van der Waals surface area contributed by atoms with Crippen LogP contribution in [0.1, 0.15) is 40.0 Å². The Kier molecular flexibility index (Phi) is 4.01. The van der Waals surface area contributed by atoms with Crippen LogP contribution in [0, 0.1) is 5.92 Å². The third kappa shape index (κ3) is 2.83. The first-order valence-corrected chi connectivity index (χ1v) is 7.07. The molecule has 3 rings (SSSR count). The Labute approximate surface area is 122 Å². The van der Waals surface area contributed by atoms with E-state index in [0.29, 0.717) is 29.2 Å². The van der Waals surface area contributed by atoms with E-state index in [2.05, 4.69) is 0 Å². The van der Waals surface area contributed by atoms with Crippen molar-refractivity contribution < 1.29 is 24.3 Å². The van der Waals surface area contributed by atoms with Gasteiger partial charge in [0.25, 0.3) is 11.8 Å². The number of carbonyl (C=O) groups is 2. The second-order valence-electron chi connectivity index (χ2n) is 5.33. The summed E-state index contributed by atoms with van der Waals surface area (Å²) in [5.41, 5.74) is 0.603. The highest BCUT2D eigenvalue weighted by atomic mass is 16.8. The molecule has 0 bridgehead atoms. The fraction of sp³-hybridized carbons (Fsp3) is 0.467. The smallest absolute Gasteiger partial charge is 0.285 e. The summed E-state index contributed by atoms with van der Waals surface area (Å²) in [5.74, 6) is -0.881. The molecule has 1 saturated heterocycles. The molecule has 0 spiro atoms. The van der Waals surface area contributed by atoms with Gasteiger partial charge in [-0.15, -0.1) is 5.06 Å². The first-order valence-electron chi connectivity index (χ1n) is 7.07. The van der Waals surface area contributed by atoms with Crippen molar-refractivity contribution in [2.75, 3.05) is 13.2 Å². The van der Waals surface area contributed by atoms with Gasteiger partial charge in [-0.2, -0.15) is 0 Å². The van der Waals surface area contributed by atoms with Crippen molar-refractivity contribution in [3.05, 3.63) is 35.4 Å². The van der Waals surface area contributed by atoms with E-state index in [1.165, 1.54) is 0 Å². The Bertz CT molecular complexity index is 518. The van der Waals surface area contributed by atoms with Crippen LogP contribution in [0.5, 0.6) is 0 Å². The largest absolute Gasteiger partial charge is 0.381 e. The Morgan fingerprint density at radius 1 is 1.29 bits per heavy atom. The standard InChI is InChI=1S/C15H17NO5/c17-13(8-10-4-3-7-20-9-10)21-16-14(18)11-5-1-2-6-12(11)15(16)19/h1-2,5-6,10,13,17H,3-4,7-9H2. The highest BCUT2D eigenvalue weighted by Crippen LogP contribution is 2.25. The Balaban J connectivity index is 1.63. The first kappa shape index (κ1) is 14.2. The molecule has 2 amide bonds. The van der Waals surface area contributed by atoms with Gasteiger partial charge in [0.15, 0.2) is 6.29 Å². The Morgan fingerprint density at radius 2 is 1.95 bits per heavy atom. The number of hydroxylamine groups is 2. The summed E-state index contributed by atoms with van der Waals surface area (Å²) in [6, 6.07) is 6.51. The second kappa shape index (κ2) is 5.93. The molecule has 1 fully saturated rings. The van der Waals surface area contributed by atoms with Crippen LogP contribution >= 0.6 is 0 Å². The number of nitrogens with zero attached hydrogens (tertiary/aromatic N) is 1. The molecule has 0 radical (unpaired) electrons. The van der Waals surface area contributed by atoms with E-state index >= 15 is 0 Å². The van der Waals surface area contributed by atoms with Crippen molar-refractivity contribution in [1.29, 1.82) is 0 Å². The molecule has 2 atom stereocenters. The number of fused-ring (bicyclic) bond motifs is 1.